The highest BCUT2D eigenvalue weighted by Gasteiger charge is 2.26. The molecule has 2 aromatic rings. The number of hydrogen-bond acceptors (Lipinski definition) is 1. The van der Waals surface area contributed by atoms with Crippen LogP contribution < -0.4 is 0 Å². The number of carbonyl (C=O) groups is 1. The average Bonchev–Trinajstić information content (AvgIpc) is 2.65. The third kappa shape index (κ3) is 3.06. The number of carboxylic acid groups (broad SMARTS) is 1. The summed E-state index contributed by atoms with van der Waals surface area (Å²) >= 11 is 0. The van der Waals surface area contributed by atoms with Gasteiger partial charge in [0.1, 0.15) is 14.1 Å². The second kappa shape index (κ2) is 6.51. The number of carboxylic acids is 1. The number of aryl methyl sites for hydroxylation is 1. The molecule has 0 atom stereocenters. The quantitative estimate of drug-likeness (QED) is 0.817. The molecule has 1 N–H and O–H groups in total. The number of benzene rings is 2. The Bertz CT molecular complexity index is 1090. The van der Waals surface area contributed by atoms with E-state index in [1.54, 1.807) is 12.1 Å². The van der Waals surface area contributed by atoms with Crippen LogP contribution >= 0.6 is 0 Å². The highest BCUT2D eigenvalue weighted by Crippen LogP contribution is 2.41. The normalized spacial score (nSPS) is 15.2. The molecule has 0 aliphatic heterocycles. The Morgan fingerprint density at radius 3 is 2.63 bits per heavy atom. The van der Waals surface area contributed by atoms with E-state index in [0.717, 1.165) is 17.6 Å². The standard InChI is InChI=1S/C24H21NO2/c1-15-7-9-21-18(11-15)13-19-14-20(25(2)3)8-10-22(19)23(21)16-5-4-6-17(12-16)24(26)27/h4-12,14H,13H2,1-3H3/p+1. The number of rotatable bonds is 2. The van der Waals surface area contributed by atoms with E-state index >= 15 is 0 Å². The van der Waals surface area contributed by atoms with Gasteiger partial charge in [-0.05, 0) is 65.0 Å². The summed E-state index contributed by atoms with van der Waals surface area (Å²) in [6.07, 6.45) is 7.41. The molecule has 0 fully saturated rings. The lowest BCUT2D eigenvalue weighted by atomic mass is 9.77. The summed E-state index contributed by atoms with van der Waals surface area (Å²) in [4.78, 5) is 11.5. The third-order valence-corrected chi connectivity index (χ3v) is 5.18. The highest BCUT2D eigenvalue weighted by atomic mass is 16.4. The van der Waals surface area contributed by atoms with Crippen molar-refractivity contribution in [1.82, 2.24) is 0 Å². The SMILES string of the molecule is Cc1ccc2c(c1)CC1=CC(=[N+](C)C)C=CC1=C2c1cccc(C(=O)O)c1. The molecule has 0 saturated carbocycles. The van der Waals surface area contributed by atoms with Crippen LogP contribution in [0.3, 0.4) is 0 Å². The van der Waals surface area contributed by atoms with Gasteiger partial charge < -0.3 is 5.11 Å². The molecule has 0 saturated heterocycles. The van der Waals surface area contributed by atoms with Crippen molar-refractivity contribution in [2.45, 2.75) is 13.3 Å². The third-order valence-electron chi connectivity index (χ3n) is 5.18. The molecule has 0 radical (unpaired) electrons. The van der Waals surface area contributed by atoms with Crippen molar-refractivity contribution in [2.24, 2.45) is 0 Å². The van der Waals surface area contributed by atoms with Gasteiger partial charge in [0, 0.05) is 12.2 Å². The molecule has 0 aromatic heterocycles. The summed E-state index contributed by atoms with van der Waals surface area (Å²) in [6.45, 7) is 2.11. The molecule has 0 bridgehead atoms. The van der Waals surface area contributed by atoms with Crippen molar-refractivity contribution in [3.8, 4) is 0 Å². The summed E-state index contributed by atoms with van der Waals surface area (Å²) in [5, 5.41) is 9.42. The molecular weight excluding hydrogens is 334 g/mol. The van der Waals surface area contributed by atoms with E-state index in [1.165, 1.54) is 33.5 Å². The van der Waals surface area contributed by atoms with Crippen LogP contribution in [0.5, 0.6) is 0 Å². The first-order valence-corrected chi connectivity index (χ1v) is 9.05. The lowest BCUT2D eigenvalue weighted by Gasteiger charge is -2.27. The van der Waals surface area contributed by atoms with E-state index in [1.807, 2.05) is 26.2 Å². The van der Waals surface area contributed by atoms with Gasteiger partial charge in [-0.25, -0.2) is 9.37 Å². The lowest BCUT2D eigenvalue weighted by molar-refractivity contribution is -0.462. The van der Waals surface area contributed by atoms with E-state index < -0.39 is 5.97 Å². The number of fused-ring (bicyclic) bond motifs is 2. The molecule has 134 valence electrons. The van der Waals surface area contributed by atoms with Crippen molar-refractivity contribution in [3.05, 3.63) is 99.7 Å². The molecule has 3 heteroatoms. The summed E-state index contributed by atoms with van der Waals surface area (Å²) in [7, 11) is 4.09. The Kier molecular flexibility index (Phi) is 4.15. The Labute approximate surface area is 159 Å². The van der Waals surface area contributed by atoms with Crippen LogP contribution in [0.4, 0.5) is 0 Å². The van der Waals surface area contributed by atoms with Gasteiger partial charge >= 0.3 is 5.97 Å². The highest BCUT2D eigenvalue weighted by molar-refractivity contribution is 6.06. The van der Waals surface area contributed by atoms with Gasteiger partial charge in [0.2, 0.25) is 0 Å². The van der Waals surface area contributed by atoms with E-state index in [4.69, 9.17) is 0 Å². The maximum Gasteiger partial charge on any atom is 0.335 e. The zero-order valence-corrected chi connectivity index (χ0v) is 15.8. The monoisotopic (exact) mass is 356 g/mol. The van der Waals surface area contributed by atoms with E-state index in [0.29, 0.717) is 5.56 Å². The van der Waals surface area contributed by atoms with Crippen LogP contribution in [-0.2, 0) is 6.42 Å². The van der Waals surface area contributed by atoms with Crippen molar-refractivity contribution in [1.29, 1.82) is 0 Å². The Morgan fingerprint density at radius 1 is 1.07 bits per heavy atom. The largest absolute Gasteiger partial charge is 0.478 e. The Morgan fingerprint density at radius 2 is 1.89 bits per heavy atom. The molecule has 0 spiro atoms. The van der Waals surface area contributed by atoms with Crippen molar-refractivity contribution in [3.63, 3.8) is 0 Å². The summed E-state index contributed by atoms with van der Waals surface area (Å²) in [5.74, 6) is -0.902. The van der Waals surface area contributed by atoms with Gasteiger partial charge in [-0.1, -0.05) is 35.9 Å². The molecule has 0 unspecified atom stereocenters. The first-order chi connectivity index (χ1) is 12.9. The van der Waals surface area contributed by atoms with Gasteiger partial charge in [0.15, 0.2) is 5.71 Å². The maximum atomic E-state index is 11.5. The number of aromatic carboxylic acids is 1. The first kappa shape index (κ1) is 17.2. The smallest absolute Gasteiger partial charge is 0.335 e. The maximum absolute atomic E-state index is 11.5. The van der Waals surface area contributed by atoms with Crippen LogP contribution in [0.15, 0.2) is 71.8 Å². The van der Waals surface area contributed by atoms with E-state index in [2.05, 4.69) is 47.9 Å². The zero-order valence-electron chi connectivity index (χ0n) is 15.8. The predicted octanol–water partition coefficient (Wildman–Crippen LogP) is 4.26. The average molecular weight is 356 g/mol. The van der Waals surface area contributed by atoms with Crippen LogP contribution in [0.25, 0.3) is 5.57 Å². The minimum atomic E-state index is -0.902. The molecule has 2 aliphatic rings. The van der Waals surface area contributed by atoms with Gasteiger partial charge in [0.25, 0.3) is 0 Å². The van der Waals surface area contributed by atoms with Crippen LogP contribution in [0, 0.1) is 6.92 Å². The fourth-order valence-corrected chi connectivity index (χ4v) is 3.83. The van der Waals surface area contributed by atoms with Crippen LogP contribution in [0.1, 0.15) is 32.6 Å². The second-order valence-electron chi connectivity index (χ2n) is 7.33. The van der Waals surface area contributed by atoms with Crippen molar-refractivity contribution in [2.75, 3.05) is 14.1 Å². The Hall–Kier alpha value is -3.20. The van der Waals surface area contributed by atoms with E-state index in [-0.39, 0.29) is 0 Å². The number of hydrogen-bond donors (Lipinski definition) is 1. The van der Waals surface area contributed by atoms with Crippen LogP contribution in [0.2, 0.25) is 0 Å². The number of nitrogens with zero attached hydrogens (tertiary/aromatic N) is 1. The van der Waals surface area contributed by atoms with Gasteiger partial charge in [-0.2, -0.15) is 0 Å². The predicted molar refractivity (Wildman–Crippen MR) is 109 cm³/mol. The lowest BCUT2D eigenvalue weighted by Crippen LogP contribution is -2.16. The second-order valence-corrected chi connectivity index (χ2v) is 7.33. The molecule has 27 heavy (non-hydrogen) atoms. The molecule has 0 amide bonds. The number of allylic oxidation sites excluding steroid dienone is 5. The van der Waals surface area contributed by atoms with Crippen LogP contribution in [-0.4, -0.2) is 35.5 Å². The fraction of sp³-hybridized carbons (Fsp3) is 0.167. The molecule has 2 aromatic carbocycles. The molecule has 0 heterocycles. The first-order valence-electron chi connectivity index (χ1n) is 9.05. The molecule has 3 nitrogen and oxygen atoms in total. The zero-order chi connectivity index (χ0) is 19.1. The van der Waals surface area contributed by atoms with E-state index in [9.17, 15) is 9.90 Å². The Balaban J connectivity index is 2.00. The fourth-order valence-electron chi connectivity index (χ4n) is 3.83. The van der Waals surface area contributed by atoms with Crippen molar-refractivity contribution >= 4 is 17.3 Å². The molecular formula is C24H22NO2+. The van der Waals surface area contributed by atoms with Gasteiger partial charge in [-0.3, -0.25) is 0 Å². The topological polar surface area (TPSA) is 40.3 Å². The van der Waals surface area contributed by atoms with Crippen molar-refractivity contribution < 1.29 is 14.5 Å². The molecule has 4 rings (SSSR count). The van der Waals surface area contributed by atoms with Gasteiger partial charge in [-0.15, -0.1) is 0 Å². The summed E-state index contributed by atoms with van der Waals surface area (Å²) in [6, 6.07) is 13.8. The summed E-state index contributed by atoms with van der Waals surface area (Å²) < 4.78 is 2.11. The minimum Gasteiger partial charge on any atom is -0.478 e. The molecule has 2 aliphatic carbocycles. The minimum absolute atomic E-state index is 0.311. The van der Waals surface area contributed by atoms with Gasteiger partial charge in [0.05, 0.1) is 5.56 Å². The summed E-state index contributed by atoms with van der Waals surface area (Å²) in [5.41, 5.74) is 9.70.